The number of fused-ring (bicyclic) bond motifs is 1. The summed E-state index contributed by atoms with van der Waals surface area (Å²) >= 11 is 0. The van der Waals surface area contributed by atoms with Crippen LogP contribution in [0, 0.1) is 0 Å². The molecule has 0 bridgehead atoms. The molecule has 3 N–H and O–H groups in total. The van der Waals surface area contributed by atoms with Gasteiger partial charge in [0.15, 0.2) is 0 Å². The van der Waals surface area contributed by atoms with Gasteiger partial charge in [-0.15, -0.1) is 0 Å². The van der Waals surface area contributed by atoms with E-state index >= 15 is 0 Å². The number of nitrogens with two attached hydrogens (primary N) is 1. The minimum Gasteiger partial charge on any atom is -0.369 e. The fourth-order valence-corrected chi connectivity index (χ4v) is 3.61. The molecule has 27 heavy (non-hydrogen) atoms. The molecule has 2 aromatic rings. The van der Waals surface area contributed by atoms with Crippen molar-refractivity contribution in [3.63, 3.8) is 0 Å². The molecule has 0 fully saturated rings. The fraction of sp³-hybridized carbons (Fsp3) is 0.409. The lowest BCUT2D eigenvalue weighted by Crippen LogP contribution is -2.42. The predicted molar refractivity (Wildman–Crippen MR) is 111 cm³/mol. The van der Waals surface area contributed by atoms with Gasteiger partial charge < -0.3 is 16.0 Å². The molecule has 1 amide bonds. The molecule has 0 aromatic heterocycles. The van der Waals surface area contributed by atoms with Gasteiger partial charge in [0.1, 0.15) is 0 Å². The molecule has 5 nitrogen and oxygen atoms in total. The summed E-state index contributed by atoms with van der Waals surface area (Å²) in [6.07, 6.45) is 2.02. The Hall–Kier alpha value is -2.37. The Labute approximate surface area is 162 Å². The van der Waals surface area contributed by atoms with Crippen LogP contribution >= 0.6 is 0 Å². The summed E-state index contributed by atoms with van der Waals surface area (Å²) in [4.78, 5) is 16.8. The third kappa shape index (κ3) is 5.81. The van der Waals surface area contributed by atoms with Crippen molar-refractivity contribution in [3.8, 4) is 0 Å². The Bertz CT molecular complexity index is 719. The van der Waals surface area contributed by atoms with Crippen LogP contribution in [0.15, 0.2) is 54.6 Å². The number of carbonyl (C=O) groups excluding carboxylic acids is 1. The smallest absolute Gasteiger partial charge is 0.234 e. The number of hydrogen-bond donors (Lipinski definition) is 2. The highest BCUT2D eigenvalue weighted by Crippen LogP contribution is 2.26. The maximum absolute atomic E-state index is 12.3. The van der Waals surface area contributed by atoms with Crippen LogP contribution in [0.1, 0.15) is 11.1 Å². The highest BCUT2D eigenvalue weighted by atomic mass is 16.2. The van der Waals surface area contributed by atoms with Crippen molar-refractivity contribution in [3.05, 3.63) is 65.7 Å². The minimum absolute atomic E-state index is 0.0731. The van der Waals surface area contributed by atoms with E-state index in [2.05, 4.69) is 51.5 Å². The van der Waals surface area contributed by atoms with E-state index in [1.54, 1.807) is 0 Å². The lowest BCUT2D eigenvalue weighted by atomic mass is 10.1. The van der Waals surface area contributed by atoms with Gasteiger partial charge in [-0.25, -0.2) is 0 Å². The van der Waals surface area contributed by atoms with Crippen LogP contribution in [0.25, 0.3) is 0 Å². The summed E-state index contributed by atoms with van der Waals surface area (Å²) in [5.74, 6) is 0.0731. The Kier molecular flexibility index (Phi) is 7.25. The summed E-state index contributed by atoms with van der Waals surface area (Å²) in [5, 5.41) is 3.06. The molecule has 0 aliphatic carbocycles. The average Bonchev–Trinajstić information content (AvgIpc) is 3.10. The summed E-state index contributed by atoms with van der Waals surface area (Å²) < 4.78 is 0. The van der Waals surface area contributed by atoms with Crippen LogP contribution in [-0.2, 0) is 17.6 Å². The first-order valence-electron chi connectivity index (χ1n) is 9.82. The van der Waals surface area contributed by atoms with Crippen LogP contribution in [0.3, 0.4) is 0 Å². The van der Waals surface area contributed by atoms with Gasteiger partial charge in [-0.3, -0.25) is 9.69 Å². The third-order valence-electron chi connectivity index (χ3n) is 5.06. The van der Waals surface area contributed by atoms with E-state index in [0.717, 1.165) is 39.0 Å². The first-order chi connectivity index (χ1) is 13.3. The number of hydrogen-bond acceptors (Lipinski definition) is 4. The Balaban J connectivity index is 1.40. The van der Waals surface area contributed by atoms with Gasteiger partial charge in [-0.05, 0) is 30.0 Å². The summed E-state index contributed by atoms with van der Waals surface area (Å²) in [7, 11) is 0. The molecule has 0 atom stereocenters. The molecule has 144 valence electrons. The van der Waals surface area contributed by atoms with Crippen molar-refractivity contribution < 1.29 is 4.79 Å². The lowest BCUT2D eigenvalue weighted by molar-refractivity contribution is -0.122. The zero-order chi connectivity index (χ0) is 18.9. The van der Waals surface area contributed by atoms with Crippen LogP contribution in [0.4, 0.5) is 5.69 Å². The number of rotatable bonds is 10. The first kappa shape index (κ1) is 19.4. The lowest BCUT2D eigenvalue weighted by Gasteiger charge is -2.22. The van der Waals surface area contributed by atoms with Crippen molar-refractivity contribution >= 4 is 11.6 Å². The molecule has 0 spiro atoms. The molecule has 1 aliphatic rings. The van der Waals surface area contributed by atoms with Crippen molar-refractivity contribution in [2.24, 2.45) is 5.73 Å². The molecule has 2 aromatic carbocycles. The van der Waals surface area contributed by atoms with Crippen LogP contribution in [0.2, 0.25) is 0 Å². The molecule has 5 heteroatoms. The zero-order valence-corrected chi connectivity index (χ0v) is 15.9. The van der Waals surface area contributed by atoms with E-state index in [4.69, 9.17) is 5.73 Å². The largest absolute Gasteiger partial charge is 0.369 e. The van der Waals surface area contributed by atoms with Gasteiger partial charge >= 0.3 is 0 Å². The van der Waals surface area contributed by atoms with E-state index in [0.29, 0.717) is 19.6 Å². The number of benzene rings is 2. The highest BCUT2D eigenvalue weighted by Gasteiger charge is 2.18. The minimum atomic E-state index is 0.0731. The molecule has 0 saturated carbocycles. The second kappa shape index (κ2) is 10.1. The second-order valence-electron chi connectivity index (χ2n) is 7.02. The average molecular weight is 367 g/mol. The van der Waals surface area contributed by atoms with Gasteiger partial charge in [-0.2, -0.15) is 0 Å². The second-order valence-corrected chi connectivity index (χ2v) is 7.02. The first-order valence-corrected chi connectivity index (χ1v) is 9.82. The Morgan fingerprint density at radius 2 is 1.85 bits per heavy atom. The topological polar surface area (TPSA) is 61.6 Å². The van der Waals surface area contributed by atoms with E-state index in [-0.39, 0.29) is 5.91 Å². The van der Waals surface area contributed by atoms with E-state index in [9.17, 15) is 4.79 Å². The van der Waals surface area contributed by atoms with E-state index in [1.165, 1.54) is 16.8 Å². The number of anilines is 1. The van der Waals surface area contributed by atoms with Gasteiger partial charge in [0.25, 0.3) is 0 Å². The third-order valence-corrected chi connectivity index (χ3v) is 5.06. The quantitative estimate of drug-likeness (QED) is 0.671. The van der Waals surface area contributed by atoms with Crippen molar-refractivity contribution in [1.29, 1.82) is 0 Å². The number of amides is 1. The van der Waals surface area contributed by atoms with Gasteiger partial charge in [-0.1, -0.05) is 48.5 Å². The van der Waals surface area contributed by atoms with Crippen LogP contribution < -0.4 is 16.0 Å². The molecule has 0 unspecified atom stereocenters. The summed E-state index contributed by atoms with van der Waals surface area (Å²) in [6, 6.07) is 18.9. The maximum atomic E-state index is 12.3. The van der Waals surface area contributed by atoms with Gasteiger partial charge in [0, 0.05) is 45.0 Å². The monoisotopic (exact) mass is 366 g/mol. The van der Waals surface area contributed by atoms with Crippen molar-refractivity contribution in [2.45, 2.75) is 12.8 Å². The van der Waals surface area contributed by atoms with Crippen molar-refractivity contribution in [1.82, 2.24) is 10.2 Å². The zero-order valence-electron chi connectivity index (χ0n) is 15.9. The van der Waals surface area contributed by atoms with Gasteiger partial charge in [0.2, 0.25) is 5.91 Å². The fourth-order valence-electron chi connectivity index (χ4n) is 3.61. The molecule has 1 heterocycles. The molecule has 0 saturated heterocycles. The maximum Gasteiger partial charge on any atom is 0.234 e. The van der Waals surface area contributed by atoms with Gasteiger partial charge in [0.05, 0.1) is 6.54 Å². The highest BCUT2D eigenvalue weighted by molar-refractivity contribution is 5.78. The van der Waals surface area contributed by atoms with Crippen LogP contribution in [0.5, 0.6) is 0 Å². The SMILES string of the molecule is NCCN(CCc1ccccc1)CC(=O)NCCN1CCc2ccccc21. The molecule has 0 radical (unpaired) electrons. The Morgan fingerprint density at radius 1 is 1.07 bits per heavy atom. The van der Waals surface area contributed by atoms with Crippen molar-refractivity contribution in [2.75, 3.05) is 50.7 Å². The number of para-hydroxylation sites is 1. The standard InChI is InChI=1S/C22H30N4O/c23-12-16-25(14-10-19-6-2-1-3-7-19)18-22(27)24-13-17-26-15-11-20-8-4-5-9-21(20)26/h1-9H,10-18,23H2,(H,24,27). The number of nitrogens with zero attached hydrogens (tertiary/aromatic N) is 2. The number of nitrogens with one attached hydrogen (secondary N) is 1. The molecule has 3 rings (SSSR count). The molecular weight excluding hydrogens is 336 g/mol. The molecule has 1 aliphatic heterocycles. The van der Waals surface area contributed by atoms with E-state index < -0.39 is 0 Å². The predicted octanol–water partition coefficient (Wildman–Crippen LogP) is 1.67. The molecular formula is C22H30N4O. The van der Waals surface area contributed by atoms with Crippen LogP contribution in [-0.4, -0.2) is 56.6 Å². The normalized spacial score (nSPS) is 13.0. The van der Waals surface area contributed by atoms with E-state index in [1.807, 2.05) is 18.2 Å². The summed E-state index contributed by atoms with van der Waals surface area (Å²) in [5.41, 5.74) is 9.71. The number of carbonyl (C=O) groups is 1. The Morgan fingerprint density at radius 3 is 2.67 bits per heavy atom. The summed E-state index contributed by atoms with van der Waals surface area (Å²) in [6.45, 7) is 5.10.